The van der Waals surface area contributed by atoms with E-state index in [-0.39, 0.29) is 23.9 Å². The summed E-state index contributed by atoms with van der Waals surface area (Å²) in [5.74, 6) is 0.783. The summed E-state index contributed by atoms with van der Waals surface area (Å²) in [6.07, 6.45) is 4.48. The Morgan fingerprint density at radius 1 is 1.40 bits per heavy atom. The molecule has 2 rings (SSSR count). The van der Waals surface area contributed by atoms with E-state index in [0.29, 0.717) is 13.0 Å². The molecule has 108 valence electrons. The fraction of sp³-hybridized carbons (Fsp3) is 0.438. The van der Waals surface area contributed by atoms with Gasteiger partial charge in [-0.25, -0.2) is 0 Å². The lowest BCUT2D eigenvalue weighted by atomic mass is 10.0. The average Bonchev–Trinajstić information content (AvgIpc) is 2.86. The molecule has 0 radical (unpaired) electrons. The number of hydrogen-bond donors (Lipinski definition) is 2. The van der Waals surface area contributed by atoms with Gasteiger partial charge in [0.25, 0.3) is 0 Å². The number of amides is 1. The molecule has 3 atom stereocenters. The number of nitrogens with two attached hydrogens (primary N) is 1. The molecule has 0 aliphatic heterocycles. The molecule has 1 aromatic rings. The topological polar surface area (TPSA) is 64.3 Å². The fourth-order valence-electron chi connectivity index (χ4n) is 2.34. The minimum absolute atomic E-state index is 0.00605. The smallest absolute Gasteiger partial charge is 0.227 e. The van der Waals surface area contributed by atoms with Crippen LogP contribution in [0.2, 0.25) is 0 Å². The van der Waals surface area contributed by atoms with E-state index in [9.17, 15) is 4.79 Å². The molecule has 3 unspecified atom stereocenters. The van der Waals surface area contributed by atoms with Gasteiger partial charge >= 0.3 is 0 Å². The van der Waals surface area contributed by atoms with Crippen molar-refractivity contribution in [1.82, 2.24) is 5.32 Å². The normalized spacial score (nSPS) is 22.6. The fourth-order valence-corrected chi connectivity index (χ4v) is 2.34. The van der Waals surface area contributed by atoms with Crippen molar-refractivity contribution in [3.8, 4) is 5.75 Å². The molecule has 0 bridgehead atoms. The molecule has 1 amide bonds. The van der Waals surface area contributed by atoms with Crippen molar-refractivity contribution in [1.29, 1.82) is 0 Å². The predicted molar refractivity (Wildman–Crippen MR) is 79.4 cm³/mol. The van der Waals surface area contributed by atoms with Gasteiger partial charge in [0.2, 0.25) is 5.91 Å². The minimum Gasteiger partial charge on any atom is -0.494 e. The van der Waals surface area contributed by atoms with Gasteiger partial charge in [-0.05, 0) is 38.0 Å². The Kier molecular flexibility index (Phi) is 4.79. The molecule has 1 aromatic carbocycles. The highest BCUT2D eigenvalue weighted by Gasteiger charge is 2.23. The second-order valence-corrected chi connectivity index (χ2v) is 5.12. The number of carbonyl (C=O) groups excluding carboxylic acids is 1. The highest BCUT2D eigenvalue weighted by molar-refractivity contribution is 5.81. The van der Waals surface area contributed by atoms with E-state index >= 15 is 0 Å². The Hall–Kier alpha value is -1.81. The van der Waals surface area contributed by atoms with Gasteiger partial charge in [-0.3, -0.25) is 4.79 Å². The second-order valence-electron chi connectivity index (χ2n) is 5.12. The van der Waals surface area contributed by atoms with Gasteiger partial charge in [0.15, 0.2) is 0 Å². The Morgan fingerprint density at radius 3 is 2.65 bits per heavy atom. The molecular formula is C16H22N2O2. The van der Waals surface area contributed by atoms with Gasteiger partial charge in [-0.15, -0.1) is 0 Å². The van der Waals surface area contributed by atoms with E-state index in [1.165, 1.54) is 0 Å². The summed E-state index contributed by atoms with van der Waals surface area (Å²) in [5.41, 5.74) is 6.83. The van der Waals surface area contributed by atoms with Crippen LogP contribution in [0.1, 0.15) is 31.9 Å². The molecular weight excluding hydrogens is 252 g/mol. The third-order valence-electron chi connectivity index (χ3n) is 3.50. The summed E-state index contributed by atoms with van der Waals surface area (Å²) in [4.78, 5) is 12.1. The molecule has 0 aromatic heterocycles. The first-order chi connectivity index (χ1) is 9.60. The lowest BCUT2D eigenvalue weighted by Crippen LogP contribution is -2.32. The van der Waals surface area contributed by atoms with Crippen molar-refractivity contribution < 1.29 is 9.53 Å². The summed E-state index contributed by atoms with van der Waals surface area (Å²) in [5, 5.41) is 3.02. The first-order valence-electron chi connectivity index (χ1n) is 7.07. The van der Waals surface area contributed by atoms with Gasteiger partial charge in [-0.1, -0.05) is 24.3 Å². The molecule has 0 fully saturated rings. The Bertz CT molecular complexity index is 482. The monoisotopic (exact) mass is 274 g/mol. The third-order valence-corrected chi connectivity index (χ3v) is 3.50. The van der Waals surface area contributed by atoms with Crippen LogP contribution in [0.3, 0.4) is 0 Å². The van der Waals surface area contributed by atoms with Gasteiger partial charge in [0, 0.05) is 6.04 Å². The largest absolute Gasteiger partial charge is 0.494 e. The Morgan fingerprint density at radius 2 is 2.10 bits per heavy atom. The quantitative estimate of drug-likeness (QED) is 0.809. The summed E-state index contributed by atoms with van der Waals surface area (Å²) < 4.78 is 5.40. The zero-order valence-corrected chi connectivity index (χ0v) is 12.0. The number of carbonyl (C=O) groups is 1. The molecule has 0 saturated carbocycles. The molecule has 3 N–H and O–H groups in total. The van der Waals surface area contributed by atoms with Crippen molar-refractivity contribution >= 4 is 5.91 Å². The van der Waals surface area contributed by atoms with Crippen LogP contribution in [0.25, 0.3) is 0 Å². The van der Waals surface area contributed by atoms with E-state index in [4.69, 9.17) is 10.5 Å². The van der Waals surface area contributed by atoms with Crippen LogP contribution in [0.5, 0.6) is 5.75 Å². The van der Waals surface area contributed by atoms with Crippen LogP contribution >= 0.6 is 0 Å². The molecule has 0 saturated heterocycles. The molecule has 0 spiro atoms. The predicted octanol–water partition coefficient (Wildman–Crippen LogP) is 2.17. The van der Waals surface area contributed by atoms with Gasteiger partial charge in [0.05, 0.1) is 18.6 Å². The highest BCUT2D eigenvalue weighted by Crippen LogP contribution is 2.20. The van der Waals surface area contributed by atoms with Crippen LogP contribution < -0.4 is 15.8 Å². The van der Waals surface area contributed by atoms with E-state index in [2.05, 4.69) is 5.32 Å². The third kappa shape index (κ3) is 3.61. The average molecular weight is 274 g/mol. The zero-order chi connectivity index (χ0) is 14.5. The van der Waals surface area contributed by atoms with E-state index in [0.717, 1.165) is 11.3 Å². The van der Waals surface area contributed by atoms with Crippen molar-refractivity contribution in [3.63, 3.8) is 0 Å². The number of rotatable bonds is 5. The first kappa shape index (κ1) is 14.6. The maximum Gasteiger partial charge on any atom is 0.227 e. The molecule has 1 aliphatic rings. The van der Waals surface area contributed by atoms with Crippen molar-refractivity contribution in [2.75, 3.05) is 6.61 Å². The molecule has 20 heavy (non-hydrogen) atoms. The van der Waals surface area contributed by atoms with Gasteiger partial charge in [-0.2, -0.15) is 0 Å². The zero-order valence-electron chi connectivity index (χ0n) is 12.0. The molecule has 1 aliphatic carbocycles. The maximum absolute atomic E-state index is 12.1. The number of benzene rings is 1. The maximum atomic E-state index is 12.1. The SMILES string of the molecule is CCOc1ccc(C(C)NC(=O)C2C=CC(N)C2)cc1. The lowest BCUT2D eigenvalue weighted by molar-refractivity contribution is -0.124. The minimum atomic E-state index is -0.102. The van der Waals surface area contributed by atoms with E-state index < -0.39 is 0 Å². The summed E-state index contributed by atoms with van der Waals surface area (Å²) in [6.45, 7) is 4.59. The summed E-state index contributed by atoms with van der Waals surface area (Å²) >= 11 is 0. The first-order valence-corrected chi connectivity index (χ1v) is 7.07. The lowest BCUT2D eigenvalue weighted by Gasteiger charge is -2.17. The van der Waals surface area contributed by atoms with Crippen LogP contribution in [0.4, 0.5) is 0 Å². The second kappa shape index (κ2) is 6.57. The Balaban J connectivity index is 1.92. The molecule has 4 heteroatoms. The van der Waals surface area contributed by atoms with Crippen LogP contribution in [-0.2, 0) is 4.79 Å². The van der Waals surface area contributed by atoms with E-state index in [1.54, 1.807) is 0 Å². The summed E-state index contributed by atoms with van der Waals surface area (Å²) in [6, 6.07) is 7.79. The van der Waals surface area contributed by atoms with Crippen molar-refractivity contribution in [3.05, 3.63) is 42.0 Å². The van der Waals surface area contributed by atoms with Crippen molar-refractivity contribution in [2.45, 2.75) is 32.4 Å². The number of nitrogens with one attached hydrogen (secondary N) is 1. The van der Waals surface area contributed by atoms with Crippen LogP contribution in [-0.4, -0.2) is 18.6 Å². The summed E-state index contributed by atoms with van der Waals surface area (Å²) in [7, 11) is 0. The van der Waals surface area contributed by atoms with Gasteiger partial charge in [0.1, 0.15) is 5.75 Å². The highest BCUT2D eigenvalue weighted by atomic mass is 16.5. The molecule has 0 heterocycles. The van der Waals surface area contributed by atoms with Gasteiger partial charge < -0.3 is 15.8 Å². The molecule has 4 nitrogen and oxygen atoms in total. The standard InChI is InChI=1S/C16H22N2O2/c1-3-20-15-8-5-12(6-9-15)11(2)18-16(19)13-4-7-14(17)10-13/h4-9,11,13-14H,3,10,17H2,1-2H3,(H,18,19). The van der Waals surface area contributed by atoms with E-state index in [1.807, 2.05) is 50.3 Å². The number of ether oxygens (including phenoxy) is 1. The number of hydrogen-bond acceptors (Lipinski definition) is 3. The van der Waals surface area contributed by atoms with Crippen LogP contribution in [0, 0.1) is 5.92 Å². The van der Waals surface area contributed by atoms with Crippen molar-refractivity contribution in [2.24, 2.45) is 11.7 Å². The van der Waals surface area contributed by atoms with Crippen LogP contribution in [0.15, 0.2) is 36.4 Å². The Labute approximate surface area is 120 Å².